The summed E-state index contributed by atoms with van der Waals surface area (Å²) in [4.78, 5) is 17.8. The third-order valence-electron chi connectivity index (χ3n) is 4.65. The lowest BCUT2D eigenvalue weighted by Gasteiger charge is -2.06. The number of thiazole rings is 1. The lowest BCUT2D eigenvalue weighted by Crippen LogP contribution is -2.20. The molecule has 0 saturated heterocycles. The van der Waals surface area contributed by atoms with Crippen LogP contribution in [-0.2, 0) is 22.5 Å². The first-order valence-electron chi connectivity index (χ1n) is 9.29. The van der Waals surface area contributed by atoms with Crippen molar-refractivity contribution in [1.29, 1.82) is 0 Å². The van der Waals surface area contributed by atoms with Crippen LogP contribution in [0.1, 0.15) is 29.2 Å². The van der Waals surface area contributed by atoms with Crippen molar-refractivity contribution >= 4 is 27.5 Å². The van der Waals surface area contributed by atoms with Crippen molar-refractivity contribution in [2.24, 2.45) is 4.99 Å². The highest BCUT2D eigenvalue weighted by Crippen LogP contribution is 2.19. The van der Waals surface area contributed by atoms with E-state index in [9.17, 15) is 4.79 Å². The SMILES string of the molecule is CCOCCn1c(=NC(=O)Cc2ccc(C)c(C)c2)sc2cc(C)ccc21. The summed E-state index contributed by atoms with van der Waals surface area (Å²) in [5.41, 5.74) is 5.74. The molecular formula is C22H26N2O2S. The van der Waals surface area contributed by atoms with Crippen LogP contribution in [0.15, 0.2) is 41.4 Å². The molecule has 3 aromatic rings. The van der Waals surface area contributed by atoms with Crippen LogP contribution < -0.4 is 4.80 Å². The predicted octanol–water partition coefficient (Wildman–Crippen LogP) is 4.33. The van der Waals surface area contributed by atoms with E-state index in [2.05, 4.69) is 60.7 Å². The molecule has 27 heavy (non-hydrogen) atoms. The molecule has 5 heteroatoms. The van der Waals surface area contributed by atoms with Crippen molar-refractivity contribution < 1.29 is 9.53 Å². The molecule has 0 aliphatic carbocycles. The van der Waals surface area contributed by atoms with E-state index < -0.39 is 0 Å². The van der Waals surface area contributed by atoms with Crippen LogP contribution in [0.2, 0.25) is 0 Å². The molecule has 0 aliphatic rings. The van der Waals surface area contributed by atoms with Gasteiger partial charge in [-0.25, -0.2) is 0 Å². The molecule has 0 radical (unpaired) electrons. The molecule has 1 heterocycles. The van der Waals surface area contributed by atoms with Crippen LogP contribution in [0.3, 0.4) is 0 Å². The van der Waals surface area contributed by atoms with E-state index >= 15 is 0 Å². The summed E-state index contributed by atoms with van der Waals surface area (Å²) in [6.07, 6.45) is 0.319. The maximum absolute atomic E-state index is 12.6. The van der Waals surface area contributed by atoms with Gasteiger partial charge in [0.25, 0.3) is 5.91 Å². The molecule has 1 aromatic heterocycles. The van der Waals surface area contributed by atoms with Gasteiger partial charge in [-0.05, 0) is 62.1 Å². The van der Waals surface area contributed by atoms with E-state index in [0.717, 1.165) is 20.6 Å². The monoisotopic (exact) mass is 382 g/mol. The van der Waals surface area contributed by atoms with Gasteiger partial charge in [0.1, 0.15) is 0 Å². The quantitative estimate of drug-likeness (QED) is 0.596. The lowest BCUT2D eigenvalue weighted by atomic mass is 10.0. The zero-order valence-electron chi connectivity index (χ0n) is 16.4. The van der Waals surface area contributed by atoms with E-state index in [1.54, 1.807) is 11.3 Å². The third-order valence-corrected chi connectivity index (χ3v) is 5.69. The Labute approximate surface area is 164 Å². The smallest absolute Gasteiger partial charge is 0.252 e. The van der Waals surface area contributed by atoms with Gasteiger partial charge in [-0.15, -0.1) is 0 Å². The van der Waals surface area contributed by atoms with Gasteiger partial charge in [-0.1, -0.05) is 35.6 Å². The average molecular weight is 383 g/mol. The molecule has 0 bridgehead atoms. The Balaban J connectivity index is 1.93. The van der Waals surface area contributed by atoms with Gasteiger partial charge < -0.3 is 9.30 Å². The number of hydrogen-bond donors (Lipinski definition) is 0. The van der Waals surface area contributed by atoms with Gasteiger partial charge in [0.05, 0.1) is 23.2 Å². The van der Waals surface area contributed by atoms with Gasteiger partial charge in [-0.3, -0.25) is 4.79 Å². The van der Waals surface area contributed by atoms with Crippen molar-refractivity contribution in [3.8, 4) is 0 Å². The van der Waals surface area contributed by atoms with Crippen molar-refractivity contribution in [3.63, 3.8) is 0 Å². The first-order chi connectivity index (χ1) is 13.0. The summed E-state index contributed by atoms with van der Waals surface area (Å²) in [6, 6.07) is 12.5. The number of carbonyl (C=O) groups excluding carboxylic acids is 1. The van der Waals surface area contributed by atoms with E-state index in [1.165, 1.54) is 16.7 Å². The van der Waals surface area contributed by atoms with Gasteiger partial charge in [0, 0.05) is 13.2 Å². The second-order valence-corrected chi connectivity index (χ2v) is 7.81. The first kappa shape index (κ1) is 19.5. The normalized spacial score (nSPS) is 12.1. The fourth-order valence-electron chi connectivity index (χ4n) is 3.02. The second kappa shape index (κ2) is 8.63. The summed E-state index contributed by atoms with van der Waals surface area (Å²) < 4.78 is 8.75. The van der Waals surface area contributed by atoms with Gasteiger partial charge in [-0.2, -0.15) is 4.99 Å². The molecular weight excluding hydrogens is 356 g/mol. The first-order valence-corrected chi connectivity index (χ1v) is 10.1. The number of aromatic nitrogens is 1. The maximum atomic E-state index is 12.6. The summed E-state index contributed by atoms with van der Waals surface area (Å²) in [5, 5.41) is 0. The fourth-order valence-corrected chi connectivity index (χ4v) is 4.19. The molecule has 0 atom stereocenters. The summed E-state index contributed by atoms with van der Waals surface area (Å²) >= 11 is 1.56. The Bertz CT molecular complexity index is 1030. The molecule has 0 saturated carbocycles. The summed E-state index contributed by atoms with van der Waals surface area (Å²) in [5.74, 6) is -0.119. The molecule has 0 spiro atoms. The number of carbonyl (C=O) groups is 1. The van der Waals surface area contributed by atoms with E-state index in [0.29, 0.717) is 26.2 Å². The zero-order chi connectivity index (χ0) is 19.4. The molecule has 1 amide bonds. The zero-order valence-corrected chi connectivity index (χ0v) is 17.2. The Morgan fingerprint density at radius 1 is 1.11 bits per heavy atom. The van der Waals surface area contributed by atoms with Gasteiger partial charge in [0.15, 0.2) is 4.80 Å². The Hall–Kier alpha value is -2.24. The highest BCUT2D eigenvalue weighted by atomic mass is 32.1. The largest absolute Gasteiger partial charge is 0.380 e. The van der Waals surface area contributed by atoms with Crippen LogP contribution in [-0.4, -0.2) is 23.7 Å². The van der Waals surface area contributed by atoms with Crippen LogP contribution in [0, 0.1) is 20.8 Å². The van der Waals surface area contributed by atoms with Crippen molar-refractivity contribution in [1.82, 2.24) is 4.57 Å². The number of nitrogens with zero attached hydrogens (tertiary/aromatic N) is 2. The highest BCUT2D eigenvalue weighted by molar-refractivity contribution is 7.16. The number of hydrogen-bond acceptors (Lipinski definition) is 3. The van der Waals surface area contributed by atoms with Crippen LogP contribution >= 0.6 is 11.3 Å². The summed E-state index contributed by atoms with van der Waals surface area (Å²) in [7, 11) is 0. The van der Waals surface area contributed by atoms with E-state index in [1.807, 2.05) is 13.0 Å². The minimum Gasteiger partial charge on any atom is -0.380 e. The minimum absolute atomic E-state index is 0.119. The number of rotatable bonds is 6. The molecule has 0 N–H and O–H groups in total. The fraction of sp³-hybridized carbons (Fsp3) is 0.364. The summed E-state index contributed by atoms with van der Waals surface area (Å²) in [6.45, 7) is 10.2. The number of amides is 1. The predicted molar refractivity (Wildman–Crippen MR) is 111 cm³/mol. The van der Waals surface area contributed by atoms with Crippen molar-refractivity contribution in [3.05, 3.63) is 63.5 Å². The maximum Gasteiger partial charge on any atom is 0.252 e. The van der Waals surface area contributed by atoms with Crippen LogP contribution in [0.4, 0.5) is 0 Å². The number of ether oxygens (including phenoxy) is 1. The molecule has 0 unspecified atom stereocenters. The molecule has 3 rings (SSSR count). The Morgan fingerprint density at radius 3 is 2.67 bits per heavy atom. The number of benzene rings is 2. The van der Waals surface area contributed by atoms with Gasteiger partial charge >= 0.3 is 0 Å². The Morgan fingerprint density at radius 2 is 1.93 bits per heavy atom. The van der Waals surface area contributed by atoms with Crippen molar-refractivity contribution in [2.45, 2.75) is 40.7 Å². The molecule has 0 aliphatic heterocycles. The van der Waals surface area contributed by atoms with Crippen LogP contribution in [0.25, 0.3) is 10.2 Å². The second-order valence-electron chi connectivity index (χ2n) is 6.81. The topological polar surface area (TPSA) is 43.6 Å². The minimum atomic E-state index is -0.119. The van der Waals surface area contributed by atoms with Gasteiger partial charge in [0.2, 0.25) is 0 Å². The molecule has 142 valence electrons. The lowest BCUT2D eigenvalue weighted by molar-refractivity contribution is -0.117. The number of aryl methyl sites for hydroxylation is 3. The standard InChI is InChI=1S/C22H26N2O2S/c1-5-26-11-10-24-19-9-6-15(2)12-20(19)27-22(24)23-21(25)14-18-8-7-16(3)17(4)13-18/h6-9,12-13H,5,10-11,14H2,1-4H3. The molecule has 4 nitrogen and oxygen atoms in total. The van der Waals surface area contributed by atoms with Crippen LogP contribution in [0.5, 0.6) is 0 Å². The third kappa shape index (κ3) is 4.73. The Kier molecular flexibility index (Phi) is 6.24. The molecule has 2 aromatic carbocycles. The van der Waals surface area contributed by atoms with E-state index in [4.69, 9.17) is 4.74 Å². The van der Waals surface area contributed by atoms with E-state index in [-0.39, 0.29) is 5.91 Å². The highest BCUT2D eigenvalue weighted by Gasteiger charge is 2.09. The molecule has 0 fully saturated rings. The average Bonchev–Trinajstić information content (AvgIpc) is 2.94. The number of fused-ring (bicyclic) bond motifs is 1. The van der Waals surface area contributed by atoms with Crippen molar-refractivity contribution in [2.75, 3.05) is 13.2 Å².